The summed E-state index contributed by atoms with van der Waals surface area (Å²) in [6, 6.07) is 0. The maximum atomic E-state index is 2.45. The van der Waals surface area contributed by atoms with E-state index in [0.29, 0.717) is 0 Å². The van der Waals surface area contributed by atoms with Crippen molar-refractivity contribution in [3.8, 4) is 0 Å². The van der Waals surface area contributed by atoms with Crippen LogP contribution in [0.1, 0.15) is 46.0 Å². The van der Waals surface area contributed by atoms with Crippen LogP contribution >= 0.6 is 0 Å². The predicted octanol–water partition coefficient (Wildman–Crippen LogP) is 2.98. The fourth-order valence-corrected chi connectivity index (χ4v) is 2.35. The Hall–Kier alpha value is 0. The van der Waals surface area contributed by atoms with E-state index >= 15 is 0 Å². The van der Waals surface area contributed by atoms with Crippen molar-refractivity contribution in [2.24, 2.45) is 10.8 Å². The van der Waals surface area contributed by atoms with Crippen molar-refractivity contribution in [1.82, 2.24) is 0 Å². The van der Waals surface area contributed by atoms with E-state index in [0.717, 1.165) is 10.8 Å². The van der Waals surface area contributed by atoms with Gasteiger partial charge in [0, 0.05) is 0 Å². The van der Waals surface area contributed by atoms with Crippen LogP contribution in [0, 0.1) is 10.8 Å². The molecule has 0 atom stereocenters. The van der Waals surface area contributed by atoms with Crippen LogP contribution in [-0.4, -0.2) is 0 Å². The van der Waals surface area contributed by atoms with Gasteiger partial charge in [-0.3, -0.25) is 0 Å². The van der Waals surface area contributed by atoms with E-state index in [-0.39, 0.29) is 0 Å². The van der Waals surface area contributed by atoms with Crippen LogP contribution in [0.25, 0.3) is 0 Å². The van der Waals surface area contributed by atoms with E-state index in [2.05, 4.69) is 13.8 Å². The zero-order chi connectivity index (χ0) is 6.54. The average Bonchev–Trinajstić information content (AvgIpc) is 2.48. The third-order valence-corrected chi connectivity index (χ3v) is 3.50. The lowest BCUT2D eigenvalue weighted by Gasteiger charge is -1.97. The van der Waals surface area contributed by atoms with Gasteiger partial charge in [0.1, 0.15) is 0 Å². The summed E-state index contributed by atoms with van der Waals surface area (Å²) in [5, 5.41) is 0. The lowest BCUT2D eigenvalue weighted by Crippen LogP contribution is -1.83. The van der Waals surface area contributed by atoms with Gasteiger partial charge in [0.2, 0.25) is 0 Å². The summed E-state index contributed by atoms with van der Waals surface area (Å²) in [4.78, 5) is 0. The fourth-order valence-electron chi connectivity index (χ4n) is 2.35. The Kier molecular flexibility index (Phi) is 0.868. The minimum Gasteiger partial charge on any atom is -0.0654 e. The highest BCUT2D eigenvalue weighted by atomic mass is 14.8. The van der Waals surface area contributed by atoms with E-state index in [1.165, 1.54) is 19.3 Å². The van der Waals surface area contributed by atoms with E-state index in [1.54, 1.807) is 12.8 Å². The fraction of sp³-hybridized carbons (Fsp3) is 1.00. The highest BCUT2D eigenvalue weighted by Crippen LogP contribution is 2.87. The van der Waals surface area contributed by atoms with Crippen LogP contribution in [0.2, 0.25) is 0 Å². The smallest absolute Gasteiger partial charge is 0.0232 e. The third kappa shape index (κ3) is 0.595. The van der Waals surface area contributed by atoms with Crippen LogP contribution in [0.5, 0.6) is 0 Å². The molecule has 0 heterocycles. The van der Waals surface area contributed by atoms with Gasteiger partial charge in [0.25, 0.3) is 0 Å². The first-order valence-corrected chi connectivity index (χ1v) is 4.22. The molecule has 0 N–H and O–H groups in total. The monoisotopic (exact) mass is 124 g/mol. The summed E-state index contributed by atoms with van der Waals surface area (Å²) in [7, 11) is 0. The number of fused-ring (bicyclic) bond motifs is 1. The maximum Gasteiger partial charge on any atom is -0.0232 e. The summed E-state index contributed by atoms with van der Waals surface area (Å²) in [5.74, 6) is 0. The molecule has 0 unspecified atom stereocenters. The van der Waals surface area contributed by atoms with Crippen LogP contribution in [0.3, 0.4) is 0 Å². The highest BCUT2D eigenvalue weighted by molar-refractivity contribution is 5.27. The molecule has 52 valence electrons. The van der Waals surface area contributed by atoms with Gasteiger partial charge in [0.15, 0.2) is 0 Å². The summed E-state index contributed by atoms with van der Waals surface area (Å²) in [6.07, 6.45) is 7.49. The number of unbranched alkanes of at least 4 members (excludes halogenated alkanes) is 1. The Morgan fingerprint density at radius 2 is 1.89 bits per heavy atom. The van der Waals surface area contributed by atoms with Crippen LogP contribution in [-0.2, 0) is 0 Å². The minimum absolute atomic E-state index is 0.863. The third-order valence-electron chi connectivity index (χ3n) is 3.50. The molecule has 2 saturated carbocycles. The number of hydrogen-bond donors (Lipinski definition) is 0. The van der Waals surface area contributed by atoms with Gasteiger partial charge in [-0.15, -0.1) is 0 Å². The molecule has 2 aliphatic carbocycles. The average molecular weight is 124 g/mol. The lowest BCUT2D eigenvalue weighted by molar-refractivity contribution is 0.549. The molecule has 0 aliphatic heterocycles. The van der Waals surface area contributed by atoms with Gasteiger partial charge in [-0.05, 0) is 30.1 Å². The molecule has 0 radical (unpaired) electrons. The molecule has 0 bridgehead atoms. The molecule has 0 saturated heterocycles. The van der Waals surface area contributed by atoms with Gasteiger partial charge in [-0.1, -0.05) is 26.7 Å². The van der Waals surface area contributed by atoms with E-state index in [9.17, 15) is 0 Å². The zero-order valence-electron chi connectivity index (χ0n) is 6.54. The molecule has 2 rings (SSSR count). The van der Waals surface area contributed by atoms with Gasteiger partial charge in [0.05, 0.1) is 0 Å². The maximum absolute atomic E-state index is 2.45. The second-order valence-corrected chi connectivity index (χ2v) is 4.30. The first-order valence-electron chi connectivity index (χ1n) is 4.22. The Morgan fingerprint density at radius 3 is 2.22 bits per heavy atom. The van der Waals surface area contributed by atoms with Crippen LogP contribution in [0.15, 0.2) is 0 Å². The molecule has 0 amide bonds. The Morgan fingerprint density at radius 1 is 1.33 bits per heavy atom. The molecule has 2 fully saturated rings. The van der Waals surface area contributed by atoms with E-state index in [1.807, 2.05) is 0 Å². The molecule has 9 heavy (non-hydrogen) atoms. The Labute approximate surface area is 57.6 Å². The topological polar surface area (TPSA) is 0 Å². The van der Waals surface area contributed by atoms with Crippen molar-refractivity contribution in [2.45, 2.75) is 46.0 Å². The van der Waals surface area contributed by atoms with Crippen molar-refractivity contribution < 1.29 is 0 Å². The quantitative estimate of drug-likeness (QED) is 0.542. The normalized spacial score (nSPS) is 52.7. The summed E-state index contributed by atoms with van der Waals surface area (Å²) < 4.78 is 0. The second-order valence-electron chi connectivity index (χ2n) is 4.30. The standard InChI is InChI=1S/C9H16/c1-3-4-5-9-6-8(9,2)7-9/h3-7H2,1-2H3. The Bertz CT molecular complexity index is 129. The van der Waals surface area contributed by atoms with Crippen molar-refractivity contribution in [3.63, 3.8) is 0 Å². The molecular formula is C9H16. The first-order chi connectivity index (χ1) is 4.22. The molecule has 0 aromatic rings. The molecule has 2 aliphatic rings. The molecule has 0 aromatic heterocycles. The van der Waals surface area contributed by atoms with E-state index < -0.39 is 0 Å². The summed E-state index contributed by atoms with van der Waals surface area (Å²) in [5.41, 5.74) is 1.77. The molecular weight excluding hydrogens is 108 g/mol. The van der Waals surface area contributed by atoms with Gasteiger partial charge in [-0.2, -0.15) is 0 Å². The minimum atomic E-state index is 0.863. The predicted molar refractivity (Wildman–Crippen MR) is 39.3 cm³/mol. The molecule has 0 nitrogen and oxygen atoms in total. The SMILES string of the molecule is CCCCC12CC1(C)C2. The molecule has 0 heteroatoms. The molecule has 0 aromatic carbocycles. The largest absolute Gasteiger partial charge is 0.0654 e. The van der Waals surface area contributed by atoms with Crippen LogP contribution in [0.4, 0.5) is 0 Å². The summed E-state index contributed by atoms with van der Waals surface area (Å²) >= 11 is 0. The number of hydrogen-bond acceptors (Lipinski definition) is 0. The van der Waals surface area contributed by atoms with E-state index in [4.69, 9.17) is 0 Å². The zero-order valence-corrected chi connectivity index (χ0v) is 6.54. The highest BCUT2D eigenvalue weighted by Gasteiger charge is 2.78. The molecule has 0 spiro atoms. The second kappa shape index (κ2) is 1.36. The van der Waals surface area contributed by atoms with Gasteiger partial charge < -0.3 is 0 Å². The summed E-state index contributed by atoms with van der Waals surface area (Å²) in [6.45, 7) is 4.74. The number of rotatable bonds is 3. The Balaban J connectivity index is 1.78. The van der Waals surface area contributed by atoms with Crippen LogP contribution < -0.4 is 0 Å². The first kappa shape index (κ1) is 5.76. The van der Waals surface area contributed by atoms with Crippen molar-refractivity contribution >= 4 is 0 Å². The van der Waals surface area contributed by atoms with Gasteiger partial charge in [-0.25, -0.2) is 0 Å². The van der Waals surface area contributed by atoms with Crippen molar-refractivity contribution in [2.75, 3.05) is 0 Å². The van der Waals surface area contributed by atoms with Crippen molar-refractivity contribution in [1.29, 1.82) is 0 Å². The van der Waals surface area contributed by atoms with Crippen molar-refractivity contribution in [3.05, 3.63) is 0 Å². The lowest BCUT2D eigenvalue weighted by atomic mass is 10.1. The van der Waals surface area contributed by atoms with Gasteiger partial charge >= 0.3 is 0 Å².